The maximum absolute atomic E-state index is 13.9. The topological polar surface area (TPSA) is 71.2 Å². The van der Waals surface area contributed by atoms with Crippen molar-refractivity contribution in [3.8, 4) is 11.1 Å². The number of imidazole rings is 1. The first kappa shape index (κ1) is 18.0. The molecule has 0 bridgehead atoms. The molecule has 0 spiro atoms. The molecule has 28 heavy (non-hydrogen) atoms. The van der Waals surface area contributed by atoms with E-state index < -0.39 is 6.17 Å². The molecule has 4 aromatic rings. The molecule has 0 aliphatic heterocycles. The van der Waals surface area contributed by atoms with Crippen LogP contribution >= 0.6 is 0 Å². The van der Waals surface area contributed by atoms with Crippen molar-refractivity contribution < 1.29 is 4.39 Å². The van der Waals surface area contributed by atoms with Crippen LogP contribution in [0.5, 0.6) is 0 Å². The Morgan fingerprint density at radius 3 is 2.93 bits per heavy atom. The summed E-state index contributed by atoms with van der Waals surface area (Å²) in [6.45, 7) is 6.17. The molecule has 0 aliphatic carbocycles. The Bertz CT molecular complexity index is 1200. The number of H-pyrrole nitrogens is 1. The average molecular weight is 376 g/mol. The number of pyridine rings is 1. The molecule has 0 saturated carbocycles. The van der Waals surface area contributed by atoms with Gasteiger partial charge in [-0.25, -0.2) is 19.3 Å². The van der Waals surface area contributed by atoms with E-state index in [4.69, 9.17) is 0 Å². The highest BCUT2D eigenvalue weighted by Crippen LogP contribution is 2.32. The van der Waals surface area contributed by atoms with E-state index in [-0.39, 0.29) is 0 Å². The lowest BCUT2D eigenvalue weighted by Crippen LogP contribution is -1.96. The first-order valence-electron chi connectivity index (χ1n) is 9.24. The second-order valence-corrected chi connectivity index (χ2v) is 6.47. The van der Waals surface area contributed by atoms with Crippen molar-refractivity contribution in [1.82, 2.24) is 24.3 Å². The Morgan fingerprint density at radius 2 is 2.18 bits per heavy atom. The summed E-state index contributed by atoms with van der Waals surface area (Å²) < 4.78 is 15.7. The standard InChI is InChI=1S/C21H21FN6/c1-4-14(8-23-5-2)20-19-16(9-25-21(19)27-12-26-20)15-6-7-18-24-10-17(13(3)22)28(18)11-15/h4,6-13H,5H2,1-3H3,(H,25,26,27)/b14-4+,23-8?. The van der Waals surface area contributed by atoms with Crippen LogP contribution in [0, 0.1) is 0 Å². The highest BCUT2D eigenvalue weighted by Gasteiger charge is 2.16. The van der Waals surface area contributed by atoms with Gasteiger partial charge < -0.3 is 9.38 Å². The average Bonchev–Trinajstić information content (AvgIpc) is 3.32. The Kier molecular flexibility index (Phi) is 4.73. The van der Waals surface area contributed by atoms with Gasteiger partial charge in [-0.05, 0) is 32.9 Å². The predicted octanol–water partition coefficient (Wildman–Crippen LogP) is 4.80. The number of hydrogen-bond donors (Lipinski definition) is 1. The third-order valence-electron chi connectivity index (χ3n) is 4.72. The van der Waals surface area contributed by atoms with Gasteiger partial charge in [0.05, 0.1) is 23.0 Å². The largest absolute Gasteiger partial charge is 0.345 e. The van der Waals surface area contributed by atoms with Crippen LogP contribution in [0.4, 0.5) is 4.39 Å². The van der Waals surface area contributed by atoms with Crippen molar-refractivity contribution in [3.63, 3.8) is 0 Å². The number of fused-ring (bicyclic) bond motifs is 2. The van der Waals surface area contributed by atoms with E-state index in [0.717, 1.165) is 33.4 Å². The smallest absolute Gasteiger partial charge is 0.141 e. The van der Waals surface area contributed by atoms with Crippen LogP contribution in [0.15, 0.2) is 48.1 Å². The van der Waals surface area contributed by atoms with Crippen molar-refractivity contribution >= 4 is 28.5 Å². The maximum atomic E-state index is 13.9. The third-order valence-corrected chi connectivity index (χ3v) is 4.72. The molecule has 7 heteroatoms. The van der Waals surface area contributed by atoms with Crippen molar-refractivity contribution in [3.05, 3.63) is 54.5 Å². The van der Waals surface area contributed by atoms with Crippen LogP contribution in [0.1, 0.15) is 38.3 Å². The third kappa shape index (κ3) is 2.98. The number of alkyl halides is 1. The Balaban J connectivity index is 1.94. The molecule has 0 fully saturated rings. The molecule has 1 N–H and O–H groups in total. The Hall–Kier alpha value is -3.35. The quantitative estimate of drug-likeness (QED) is 0.509. The fraction of sp³-hybridized carbons (Fsp3) is 0.238. The number of allylic oxidation sites excluding steroid dienone is 2. The molecule has 0 saturated heterocycles. The van der Waals surface area contributed by atoms with Gasteiger partial charge in [-0.3, -0.25) is 4.99 Å². The summed E-state index contributed by atoms with van der Waals surface area (Å²) in [5.74, 6) is 0. The van der Waals surface area contributed by atoms with Crippen LogP contribution in [0.2, 0.25) is 0 Å². The van der Waals surface area contributed by atoms with E-state index >= 15 is 0 Å². The number of rotatable bonds is 5. The zero-order valence-corrected chi connectivity index (χ0v) is 16.0. The number of aromatic amines is 1. The summed E-state index contributed by atoms with van der Waals surface area (Å²) in [5.41, 5.74) is 5.60. The summed E-state index contributed by atoms with van der Waals surface area (Å²) >= 11 is 0. The van der Waals surface area contributed by atoms with Gasteiger partial charge in [-0.1, -0.05) is 6.08 Å². The predicted molar refractivity (Wildman–Crippen MR) is 110 cm³/mol. The summed E-state index contributed by atoms with van der Waals surface area (Å²) in [6.07, 6.45) is 9.65. The number of nitrogens with one attached hydrogen (secondary N) is 1. The van der Waals surface area contributed by atoms with Gasteiger partial charge in [-0.2, -0.15) is 0 Å². The highest BCUT2D eigenvalue weighted by molar-refractivity contribution is 6.15. The summed E-state index contributed by atoms with van der Waals surface area (Å²) in [5, 5.41) is 0.910. The molecule has 1 unspecified atom stereocenters. The summed E-state index contributed by atoms with van der Waals surface area (Å²) in [6, 6.07) is 3.86. The molecule has 1 atom stereocenters. The molecule has 142 valence electrons. The fourth-order valence-electron chi connectivity index (χ4n) is 3.32. The van der Waals surface area contributed by atoms with Gasteiger partial charge in [0.15, 0.2) is 0 Å². The SMILES string of the molecule is C/C=C(\C=NCC)c1ncnc2[nH]cc(-c3ccc4ncc(C(C)F)n4c3)c12. The minimum Gasteiger partial charge on any atom is -0.345 e. The van der Waals surface area contributed by atoms with Crippen molar-refractivity contribution in [2.45, 2.75) is 26.9 Å². The number of aromatic nitrogens is 5. The lowest BCUT2D eigenvalue weighted by atomic mass is 10.0. The molecule has 4 rings (SSSR count). The molecular formula is C21H21FN6. The van der Waals surface area contributed by atoms with E-state index in [1.54, 1.807) is 16.9 Å². The highest BCUT2D eigenvalue weighted by atomic mass is 19.1. The number of hydrogen-bond acceptors (Lipinski definition) is 4. The molecule has 0 amide bonds. The summed E-state index contributed by atoms with van der Waals surface area (Å²) in [7, 11) is 0. The lowest BCUT2D eigenvalue weighted by Gasteiger charge is -2.08. The van der Waals surface area contributed by atoms with Crippen molar-refractivity contribution in [2.75, 3.05) is 6.54 Å². The molecule has 4 heterocycles. The van der Waals surface area contributed by atoms with Gasteiger partial charge in [-0.15, -0.1) is 0 Å². The van der Waals surface area contributed by atoms with Gasteiger partial charge in [0.1, 0.15) is 23.8 Å². The van der Waals surface area contributed by atoms with Crippen molar-refractivity contribution in [2.24, 2.45) is 4.99 Å². The van der Waals surface area contributed by atoms with Crippen LogP contribution in [-0.4, -0.2) is 37.1 Å². The number of aliphatic imine (C=N–C) groups is 1. The second-order valence-electron chi connectivity index (χ2n) is 6.47. The number of halogens is 1. The van der Waals surface area contributed by atoms with E-state index in [9.17, 15) is 4.39 Å². The van der Waals surface area contributed by atoms with E-state index in [2.05, 4.69) is 24.9 Å². The van der Waals surface area contributed by atoms with Gasteiger partial charge in [0.2, 0.25) is 0 Å². The Morgan fingerprint density at radius 1 is 1.32 bits per heavy atom. The van der Waals surface area contributed by atoms with Gasteiger partial charge in [0.25, 0.3) is 0 Å². The van der Waals surface area contributed by atoms with Crippen LogP contribution in [-0.2, 0) is 0 Å². The first-order chi connectivity index (χ1) is 13.6. The first-order valence-corrected chi connectivity index (χ1v) is 9.24. The van der Waals surface area contributed by atoms with E-state index in [0.29, 0.717) is 17.9 Å². The summed E-state index contributed by atoms with van der Waals surface area (Å²) in [4.78, 5) is 20.7. The molecule has 4 aromatic heterocycles. The van der Waals surface area contributed by atoms with Crippen molar-refractivity contribution in [1.29, 1.82) is 0 Å². The molecular weight excluding hydrogens is 355 g/mol. The Labute approximate surface area is 161 Å². The van der Waals surface area contributed by atoms with Crippen LogP contribution < -0.4 is 0 Å². The monoisotopic (exact) mass is 376 g/mol. The lowest BCUT2D eigenvalue weighted by molar-refractivity contribution is 0.364. The molecule has 0 aliphatic rings. The normalized spacial score (nSPS) is 13.8. The van der Waals surface area contributed by atoms with E-state index in [1.807, 2.05) is 50.7 Å². The molecule has 0 aromatic carbocycles. The zero-order valence-electron chi connectivity index (χ0n) is 16.0. The minimum absolute atomic E-state index is 0.525. The molecule has 0 radical (unpaired) electrons. The van der Waals surface area contributed by atoms with Gasteiger partial charge >= 0.3 is 0 Å². The van der Waals surface area contributed by atoms with Crippen LogP contribution in [0.3, 0.4) is 0 Å². The molecule has 6 nitrogen and oxygen atoms in total. The minimum atomic E-state index is -1.10. The maximum Gasteiger partial charge on any atom is 0.141 e. The fourth-order valence-corrected chi connectivity index (χ4v) is 3.32. The second kappa shape index (κ2) is 7.34. The van der Waals surface area contributed by atoms with E-state index in [1.165, 1.54) is 6.92 Å². The van der Waals surface area contributed by atoms with Crippen LogP contribution in [0.25, 0.3) is 33.4 Å². The van der Waals surface area contributed by atoms with Gasteiger partial charge in [0, 0.05) is 41.9 Å². The zero-order chi connectivity index (χ0) is 19.7. The number of nitrogens with zero attached hydrogens (tertiary/aromatic N) is 5.